The SMILES string of the molecule is CCCCOc1ccc(C(=O)c2ccc(OC(C)C)cc2)c(O)c1. The Balaban J connectivity index is 2.11. The Morgan fingerprint density at radius 3 is 2.33 bits per heavy atom. The molecule has 0 fully saturated rings. The minimum atomic E-state index is -0.233. The number of hydrogen-bond acceptors (Lipinski definition) is 4. The molecule has 0 amide bonds. The number of aromatic hydroxyl groups is 1. The van der Waals surface area contributed by atoms with Gasteiger partial charge in [-0.15, -0.1) is 0 Å². The summed E-state index contributed by atoms with van der Waals surface area (Å²) >= 11 is 0. The molecular formula is C20H24O4. The molecule has 2 aromatic rings. The van der Waals surface area contributed by atoms with Crippen LogP contribution in [0.4, 0.5) is 0 Å². The van der Waals surface area contributed by atoms with E-state index < -0.39 is 0 Å². The summed E-state index contributed by atoms with van der Waals surface area (Å²) in [4.78, 5) is 12.5. The van der Waals surface area contributed by atoms with Gasteiger partial charge in [0, 0.05) is 11.6 Å². The molecule has 4 heteroatoms. The summed E-state index contributed by atoms with van der Waals surface area (Å²) in [5, 5.41) is 10.1. The Morgan fingerprint density at radius 2 is 1.75 bits per heavy atom. The first kappa shape index (κ1) is 17.9. The predicted molar refractivity (Wildman–Crippen MR) is 94.1 cm³/mol. The van der Waals surface area contributed by atoms with Crippen LogP contribution in [0.1, 0.15) is 49.5 Å². The summed E-state index contributed by atoms with van der Waals surface area (Å²) in [7, 11) is 0. The van der Waals surface area contributed by atoms with Crippen molar-refractivity contribution in [3.63, 3.8) is 0 Å². The van der Waals surface area contributed by atoms with Crippen LogP contribution >= 0.6 is 0 Å². The van der Waals surface area contributed by atoms with E-state index in [0.717, 1.165) is 12.8 Å². The van der Waals surface area contributed by atoms with Gasteiger partial charge in [0.2, 0.25) is 0 Å². The minimum Gasteiger partial charge on any atom is -0.507 e. The lowest BCUT2D eigenvalue weighted by molar-refractivity contribution is 0.103. The lowest BCUT2D eigenvalue weighted by atomic mass is 10.0. The van der Waals surface area contributed by atoms with E-state index in [9.17, 15) is 9.90 Å². The van der Waals surface area contributed by atoms with Crippen molar-refractivity contribution >= 4 is 5.78 Å². The van der Waals surface area contributed by atoms with E-state index in [1.807, 2.05) is 13.8 Å². The largest absolute Gasteiger partial charge is 0.507 e. The molecule has 0 bridgehead atoms. The van der Waals surface area contributed by atoms with E-state index >= 15 is 0 Å². The highest BCUT2D eigenvalue weighted by molar-refractivity contribution is 6.10. The zero-order chi connectivity index (χ0) is 17.5. The van der Waals surface area contributed by atoms with Crippen LogP contribution in [-0.2, 0) is 0 Å². The third-order valence-electron chi connectivity index (χ3n) is 3.47. The van der Waals surface area contributed by atoms with Crippen molar-refractivity contribution in [3.8, 4) is 17.2 Å². The molecule has 0 saturated heterocycles. The number of ketones is 1. The van der Waals surface area contributed by atoms with Crippen molar-refractivity contribution in [1.29, 1.82) is 0 Å². The lowest BCUT2D eigenvalue weighted by Crippen LogP contribution is -2.06. The van der Waals surface area contributed by atoms with Crippen molar-refractivity contribution in [2.75, 3.05) is 6.61 Å². The fourth-order valence-electron chi connectivity index (χ4n) is 2.24. The highest BCUT2D eigenvalue weighted by atomic mass is 16.5. The summed E-state index contributed by atoms with van der Waals surface area (Å²) in [5.41, 5.74) is 0.761. The van der Waals surface area contributed by atoms with Crippen LogP contribution in [0.25, 0.3) is 0 Å². The van der Waals surface area contributed by atoms with Gasteiger partial charge >= 0.3 is 0 Å². The van der Waals surface area contributed by atoms with Crippen molar-refractivity contribution in [2.45, 2.75) is 39.7 Å². The predicted octanol–water partition coefficient (Wildman–Crippen LogP) is 4.59. The van der Waals surface area contributed by atoms with Gasteiger partial charge in [0.05, 0.1) is 18.3 Å². The second-order valence-corrected chi connectivity index (χ2v) is 5.90. The first-order chi connectivity index (χ1) is 11.5. The maximum atomic E-state index is 12.5. The van der Waals surface area contributed by atoms with E-state index in [1.165, 1.54) is 6.07 Å². The number of benzene rings is 2. The molecule has 128 valence electrons. The topological polar surface area (TPSA) is 55.8 Å². The Labute approximate surface area is 143 Å². The number of carbonyl (C=O) groups excluding carboxylic acids is 1. The zero-order valence-electron chi connectivity index (χ0n) is 14.4. The van der Waals surface area contributed by atoms with Gasteiger partial charge in [-0.3, -0.25) is 4.79 Å². The van der Waals surface area contributed by atoms with Gasteiger partial charge in [-0.25, -0.2) is 0 Å². The fourth-order valence-corrected chi connectivity index (χ4v) is 2.24. The molecule has 0 aliphatic carbocycles. The number of ether oxygens (including phenoxy) is 2. The van der Waals surface area contributed by atoms with Crippen LogP contribution in [0, 0.1) is 0 Å². The molecule has 0 saturated carbocycles. The molecule has 0 atom stereocenters. The van der Waals surface area contributed by atoms with Gasteiger partial charge in [-0.05, 0) is 56.7 Å². The van der Waals surface area contributed by atoms with Crippen LogP contribution in [0.2, 0.25) is 0 Å². The molecule has 0 unspecified atom stereocenters. The molecule has 0 radical (unpaired) electrons. The molecule has 0 spiro atoms. The number of phenolic OH excluding ortho intramolecular Hbond substituents is 1. The molecule has 2 aromatic carbocycles. The normalized spacial score (nSPS) is 10.7. The molecule has 0 aliphatic heterocycles. The Hall–Kier alpha value is -2.49. The van der Waals surface area contributed by atoms with Crippen molar-refractivity contribution in [1.82, 2.24) is 0 Å². The minimum absolute atomic E-state index is 0.0727. The van der Waals surface area contributed by atoms with Gasteiger partial charge in [0.1, 0.15) is 17.2 Å². The van der Waals surface area contributed by atoms with Crippen LogP contribution in [0.3, 0.4) is 0 Å². The van der Waals surface area contributed by atoms with Crippen LogP contribution < -0.4 is 9.47 Å². The molecule has 0 aliphatic rings. The monoisotopic (exact) mass is 328 g/mol. The highest BCUT2D eigenvalue weighted by Gasteiger charge is 2.14. The number of unbranched alkanes of at least 4 members (excludes halogenated alkanes) is 1. The van der Waals surface area contributed by atoms with Gasteiger partial charge in [0.15, 0.2) is 5.78 Å². The standard InChI is InChI=1S/C20H24O4/c1-4-5-12-23-17-10-11-18(19(21)13-17)20(22)15-6-8-16(9-7-15)24-14(2)3/h6-11,13-14,21H,4-5,12H2,1-3H3. The maximum Gasteiger partial charge on any atom is 0.196 e. The fraction of sp³-hybridized carbons (Fsp3) is 0.350. The second-order valence-electron chi connectivity index (χ2n) is 5.90. The first-order valence-corrected chi connectivity index (χ1v) is 8.28. The molecule has 0 aromatic heterocycles. The zero-order valence-corrected chi connectivity index (χ0v) is 14.4. The Morgan fingerprint density at radius 1 is 1.08 bits per heavy atom. The smallest absolute Gasteiger partial charge is 0.196 e. The summed E-state index contributed by atoms with van der Waals surface area (Å²) < 4.78 is 11.1. The van der Waals surface area contributed by atoms with E-state index in [4.69, 9.17) is 9.47 Å². The first-order valence-electron chi connectivity index (χ1n) is 8.28. The third kappa shape index (κ3) is 4.75. The van der Waals surface area contributed by atoms with Crippen LogP contribution in [-0.4, -0.2) is 23.6 Å². The van der Waals surface area contributed by atoms with E-state index in [-0.39, 0.29) is 23.2 Å². The average Bonchev–Trinajstić information content (AvgIpc) is 2.55. The van der Waals surface area contributed by atoms with Crippen molar-refractivity contribution in [3.05, 3.63) is 53.6 Å². The Bertz CT molecular complexity index is 675. The van der Waals surface area contributed by atoms with E-state index in [0.29, 0.717) is 23.7 Å². The quantitative estimate of drug-likeness (QED) is 0.569. The van der Waals surface area contributed by atoms with Gasteiger partial charge in [-0.2, -0.15) is 0 Å². The maximum absolute atomic E-state index is 12.5. The lowest BCUT2D eigenvalue weighted by Gasteiger charge is -2.11. The van der Waals surface area contributed by atoms with Crippen LogP contribution in [0.15, 0.2) is 42.5 Å². The molecular weight excluding hydrogens is 304 g/mol. The molecule has 2 rings (SSSR count). The molecule has 24 heavy (non-hydrogen) atoms. The number of carbonyl (C=O) groups is 1. The van der Waals surface area contributed by atoms with E-state index in [2.05, 4.69) is 6.92 Å². The highest BCUT2D eigenvalue weighted by Crippen LogP contribution is 2.26. The Kier molecular flexibility index (Phi) is 6.24. The third-order valence-corrected chi connectivity index (χ3v) is 3.47. The summed E-state index contributed by atoms with van der Waals surface area (Å²) in [6.07, 6.45) is 2.07. The molecule has 0 heterocycles. The molecule has 1 N–H and O–H groups in total. The summed E-state index contributed by atoms with van der Waals surface area (Å²) in [6, 6.07) is 11.7. The second kappa shape index (κ2) is 8.39. The van der Waals surface area contributed by atoms with Crippen LogP contribution in [0.5, 0.6) is 17.2 Å². The van der Waals surface area contributed by atoms with Gasteiger partial charge in [0.25, 0.3) is 0 Å². The molecule has 4 nitrogen and oxygen atoms in total. The number of hydrogen-bond donors (Lipinski definition) is 1. The van der Waals surface area contributed by atoms with Gasteiger partial charge < -0.3 is 14.6 Å². The summed E-state index contributed by atoms with van der Waals surface area (Å²) in [6.45, 7) is 6.57. The number of rotatable bonds is 8. The number of phenols is 1. The van der Waals surface area contributed by atoms with Gasteiger partial charge in [-0.1, -0.05) is 13.3 Å². The van der Waals surface area contributed by atoms with Crippen molar-refractivity contribution < 1.29 is 19.4 Å². The summed E-state index contributed by atoms with van der Waals surface area (Å²) in [5.74, 6) is 0.976. The average molecular weight is 328 g/mol. The van der Waals surface area contributed by atoms with E-state index in [1.54, 1.807) is 36.4 Å². The van der Waals surface area contributed by atoms with Crippen molar-refractivity contribution in [2.24, 2.45) is 0 Å².